The lowest BCUT2D eigenvalue weighted by atomic mass is 9.83. The van der Waals surface area contributed by atoms with E-state index in [0.717, 1.165) is 23.3 Å². The molecule has 150 valence electrons. The van der Waals surface area contributed by atoms with Gasteiger partial charge in [0.25, 0.3) is 0 Å². The van der Waals surface area contributed by atoms with Gasteiger partial charge in [-0.15, -0.1) is 0 Å². The summed E-state index contributed by atoms with van der Waals surface area (Å²) < 4.78 is 47.4. The molecule has 1 aliphatic rings. The Kier molecular flexibility index (Phi) is 5.61. The minimum Gasteiger partial charge on any atom is -0.491 e. The van der Waals surface area contributed by atoms with Gasteiger partial charge in [0, 0.05) is 5.56 Å². The van der Waals surface area contributed by atoms with Gasteiger partial charge in [-0.1, -0.05) is 55.7 Å². The highest BCUT2D eigenvalue weighted by Crippen LogP contribution is 2.35. The standard InChI is InChI=1S/C25H23F3O/c1-29-25-23(27)14-20(15-24(25)28)21-12-11-19(13-22(21)26)18-9-7-17(8-10-18)16-5-3-2-4-6-16/h7-16H,2-6H2,1H3. The minimum atomic E-state index is -0.857. The lowest BCUT2D eigenvalue weighted by molar-refractivity contribution is 0.360. The molecule has 0 amide bonds. The van der Waals surface area contributed by atoms with E-state index in [1.54, 1.807) is 12.1 Å². The van der Waals surface area contributed by atoms with E-state index in [1.807, 2.05) is 12.1 Å². The number of rotatable bonds is 4. The largest absolute Gasteiger partial charge is 0.491 e. The zero-order valence-corrected chi connectivity index (χ0v) is 16.4. The number of halogens is 3. The number of hydrogen-bond donors (Lipinski definition) is 0. The van der Waals surface area contributed by atoms with E-state index in [1.165, 1.54) is 50.8 Å². The molecule has 0 saturated heterocycles. The van der Waals surface area contributed by atoms with E-state index in [0.29, 0.717) is 5.92 Å². The molecule has 3 aromatic rings. The van der Waals surface area contributed by atoms with Crippen molar-refractivity contribution in [1.29, 1.82) is 0 Å². The highest BCUT2D eigenvalue weighted by molar-refractivity contribution is 5.71. The molecule has 0 heterocycles. The first-order valence-electron chi connectivity index (χ1n) is 10.00. The van der Waals surface area contributed by atoms with Crippen molar-refractivity contribution in [3.8, 4) is 28.0 Å². The first-order valence-corrected chi connectivity index (χ1v) is 10.00. The van der Waals surface area contributed by atoms with E-state index >= 15 is 0 Å². The van der Waals surface area contributed by atoms with Crippen LogP contribution in [0.25, 0.3) is 22.3 Å². The maximum absolute atomic E-state index is 14.8. The fourth-order valence-electron chi connectivity index (χ4n) is 4.22. The molecule has 1 nitrogen and oxygen atoms in total. The summed E-state index contributed by atoms with van der Waals surface area (Å²) in [5.74, 6) is -2.09. The van der Waals surface area contributed by atoms with Crippen LogP contribution in [-0.2, 0) is 0 Å². The summed E-state index contributed by atoms with van der Waals surface area (Å²) in [5.41, 5.74) is 3.28. The van der Waals surface area contributed by atoms with Crippen LogP contribution in [0.1, 0.15) is 43.6 Å². The number of hydrogen-bond acceptors (Lipinski definition) is 1. The van der Waals surface area contributed by atoms with Crippen molar-refractivity contribution < 1.29 is 17.9 Å². The van der Waals surface area contributed by atoms with Crippen molar-refractivity contribution in [2.75, 3.05) is 7.11 Å². The zero-order valence-electron chi connectivity index (χ0n) is 16.4. The van der Waals surface area contributed by atoms with Crippen molar-refractivity contribution in [1.82, 2.24) is 0 Å². The second kappa shape index (κ2) is 8.32. The van der Waals surface area contributed by atoms with Crippen molar-refractivity contribution >= 4 is 0 Å². The van der Waals surface area contributed by atoms with E-state index < -0.39 is 23.2 Å². The summed E-state index contributed by atoms with van der Waals surface area (Å²) >= 11 is 0. The summed E-state index contributed by atoms with van der Waals surface area (Å²) in [7, 11) is 1.19. The van der Waals surface area contributed by atoms with Gasteiger partial charge in [-0.3, -0.25) is 0 Å². The molecule has 1 aliphatic carbocycles. The second-order valence-corrected chi connectivity index (χ2v) is 7.62. The van der Waals surface area contributed by atoms with Crippen LogP contribution < -0.4 is 4.74 Å². The lowest BCUT2D eigenvalue weighted by Gasteiger charge is -2.22. The third-order valence-electron chi connectivity index (χ3n) is 5.80. The van der Waals surface area contributed by atoms with Crippen LogP contribution in [-0.4, -0.2) is 7.11 Å². The van der Waals surface area contributed by atoms with Crippen LogP contribution in [0.4, 0.5) is 13.2 Å². The molecule has 1 saturated carbocycles. The molecule has 0 N–H and O–H groups in total. The summed E-state index contributed by atoms with van der Waals surface area (Å²) in [4.78, 5) is 0. The van der Waals surface area contributed by atoms with E-state index in [4.69, 9.17) is 0 Å². The van der Waals surface area contributed by atoms with Gasteiger partial charge in [-0.2, -0.15) is 0 Å². The number of ether oxygens (including phenoxy) is 1. The van der Waals surface area contributed by atoms with Gasteiger partial charge in [0.05, 0.1) is 7.11 Å². The quantitative estimate of drug-likeness (QED) is 0.444. The third-order valence-corrected chi connectivity index (χ3v) is 5.80. The summed E-state index contributed by atoms with van der Waals surface area (Å²) in [6.07, 6.45) is 6.36. The molecule has 3 aromatic carbocycles. The average Bonchev–Trinajstić information content (AvgIpc) is 2.74. The Morgan fingerprint density at radius 2 is 1.28 bits per heavy atom. The summed E-state index contributed by atoms with van der Waals surface area (Å²) in [6.45, 7) is 0. The van der Waals surface area contributed by atoms with Gasteiger partial charge >= 0.3 is 0 Å². The topological polar surface area (TPSA) is 9.23 Å². The van der Waals surface area contributed by atoms with Crippen molar-refractivity contribution in [3.05, 3.63) is 77.6 Å². The lowest BCUT2D eigenvalue weighted by Crippen LogP contribution is -2.04. The average molecular weight is 396 g/mol. The van der Waals surface area contributed by atoms with E-state index in [9.17, 15) is 13.2 Å². The van der Waals surface area contributed by atoms with Gasteiger partial charge in [0.1, 0.15) is 5.82 Å². The van der Waals surface area contributed by atoms with Gasteiger partial charge < -0.3 is 4.74 Å². The molecule has 0 aliphatic heterocycles. The zero-order chi connectivity index (χ0) is 20.4. The molecule has 29 heavy (non-hydrogen) atoms. The van der Waals surface area contributed by atoms with Gasteiger partial charge in [-0.25, -0.2) is 13.2 Å². The van der Waals surface area contributed by atoms with E-state index in [-0.39, 0.29) is 11.1 Å². The van der Waals surface area contributed by atoms with Crippen LogP contribution in [0.5, 0.6) is 5.75 Å². The molecule has 0 atom stereocenters. The highest BCUT2D eigenvalue weighted by Gasteiger charge is 2.17. The Hall–Kier alpha value is -2.75. The SMILES string of the molecule is COc1c(F)cc(-c2ccc(-c3ccc(C4CCCCC4)cc3)cc2F)cc1F. The van der Waals surface area contributed by atoms with Crippen LogP contribution in [0.3, 0.4) is 0 Å². The smallest absolute Gasteiger partial charge is 0.190 e. The van der Waals surface area contributed by atoms with Crippen LogP contribution in [0.15, 0.2) is 54.6 Å². The Labute approximate surface area is 169 Å². The summed E-state index contributed by atoms with van der Waals surface area (Å²) in [5, 5.41) is 0. The van der Waals surface area contributed by atoms with E-state index in [2.05, 4.69) is 16.9 Å². The van der Waals surface area contributed by atoms with Crippen LogP contribution in [0.2, 0.25) is 0 Å². The Morgan fingerprint density at radius 3 is 1.86 bits per heavy atom. The number of methoxy groups -OCH3 is 1. The molecular formula is C25H23F3O. The molecule has 1 fully saturated rings. The maximum atomic E-state index is 14.8. The molecule has 4 heteroatoms. The third kappa shape index (κ3) is 4.02. The normalized spacial score (nSPS) is 14.8. The molecule has 4 rings (SSSR count). The molecule has 0 unspecified atom stereocenters. The maximum Gasteiger partial charge on any atom is 0.190 e. The summed E-state index contributed by atoms with van der Waals surface area (Å²) in [6, 6.07) is 15.2. The monoisotopic (exact) mass is 396 g/mol. The predicted molar refractivity (Wildman–Crippen MR) is 110 cm³/mol. The predicted octanol–water partition coefficient (Wildman–Crippen LogP) is 7.49. The molecule has 0 aromatic heterocycles. The first kappa shape index (κ1) is 19.6. The fraction of sp³-hybridized carbons (Fsp3) is 0.280. The first-order chi connectivity index (χ1) is 14.1. The van der Waals surface area contributed by atoms with Gasteiger partial charge in [0.15, 0.2) is 17.4 Å². The van der Waals surface area contributed by atoms with Gasteiger partial charge in [-0.05, 0) is 59.2 Å². The molecule has 0 bridgehead atoms. The number of benzene rings is 3. The molecule has 0 radical (unpaired) electrons. The highest BCUT2D eigenvalue weighted by atomic mass is 19.1. The van der Waals surface area contributed by atoms with Crippen molar-refractivity contribution in [2.45, 2.75) is 38.0 Å². The van der Waals surface area contributed by atoms with Crippen molar-refractivity contribution in [3.63, 3.8) is 0 Å². The Bertz CT molecular complexity index is 982. The van der Waals surface area contributed by atoms with Gasteiger partial charge in [0.2, 0.25) is 0 Å². The molecule has 0 spiro atoms. The van der Waals surface area contributed by atoms with Crippen molar-refractivity contribution in [2.24, 2.45) is 0 Å². The minimum absolute atomic E-state index is 0.137. The fourth-order valence-corrected chi connectivity index (χ4v) is 4.22. The molecular weight excluding hydrogens is 373 g/mol. The Morgan fingerprint density at radius 1 is 0.690 bits per heavy atom. The van der Waals surface area contributed by atoms with Crippen LogP contribution in [0, 0.1) is 17.5 Å². The Balaban J connectivity index is 1.60. The second-order valence-electron chi connectivity index (χ2n) is 7.62. The van der Waals surface area contributed by atoms with Crippen LogP contribution >= 0.6 is 0 Å².